The van der Waals surface area contributed by atoms with Gasteiger partial charge in [0.15, 0.2) is 4.11 Å². The van der Waals surface area contributed by atoms with Crippen LogP contribution in [0.2, 0.25) is 0 Å². The van der Waals surface area contributed by atoms with Crippen LogP contribution in [0.4, 0.5) is 4.39 Å². The second kappa shape index (κ2) is 7.04. The lowest BCUT2D eigenvalue weighted by Gasteiger charge is -2.14. The van der Waals surface area contributed by atoms with E-state index in [0.29, 0.717) is 17.6 Å². The fourth-order valence-electron chi connectivity index (χ4n) is 1.29. The quantitative estimate of drug-likeness (QED) is 0.451. The van der Waals surface area contributed by atoms with Crippen LogP contribution in [0.5, 0.6) is 5.75 Å². The molecule has 1 aromatic carbocycles. The largest absolute Gasteiger partial charge is 0.480 e. The Morgan fingerprint density at radius 1 is 1.76 bits per heavy atom. The van der Waals surface area contributed by atoms with Gasteiger partial charge in [-0.15, -0.1) is 0 Å². The zero-order valence-electron chi connectivity index (χ0n) is 11.0. The fraction of sp³-hybridized carbons (Fsp3) is 0.385. The SMILES string of the molecule is [2H]c1cc(CC)cc([B])c1OC(I)C/C=C(/C)F. The summed E-state index contributed by atoms with van der Waals surface area (Å²) < 4.78 is 25.8. The standard InChI is InChI=1S/C13H15BFIO/c1-3-10-5-6-12(11(14)8-10)17-13(16)7-4-9(2)15/h4-6,8,13H,3,7H2,1-2H3/b9-4-/i6D. The van der Waals surface area contributed by atoms with Gasteiger partial charge in [-0.2, -0.15) is 0 Å². The molecule has 4 heteroatoms. The minimum Gasteiger partial charge on any atom is -0.480 e. The smallest absolute Gasteiger partial charge is 0.152 e. The van der Waals surface area contributed by atoms with Crippen LogP contribution >= 0.6 is 22.6 Å². The van der Waals surface area contributed by atoms with E-state index in [1.54, 1.807) is 6.07 Å². The van der Waals surface area contributed by atoms with Crippen molar-refractivity contribution in [1.82, 2.24) is 0 Å². The topological polar surface area (TPSA) is 9.23 Å². The molecule has 2 radical (unpaired) electrons. The summed E-state index contributed by atoms with van der Waals surface area (Å²) in [5.41, 5.74) is 1.47. The second-order valence-electron chi connectivity index (χ2n) is 3.70. The second-order valence-corrected chi connectivity index (χ2v) is 5.09. The predicted molar refractivity (Wildman–Crippen MR) is 79.1 cm³/mol. The van der Waals surface area contributed by atoms with Crippen molar-refractivity contribution in [3.8, 4) is 5.75 Å². The molecule has 0 amide bonds. The maximum Gasteiger partial charge on any atom is 0.152 e. The van der Waals surface area contributed by atoms with Gasteiger partial charge in [-0.25, -0.2) is 4.39 Å². The fourth-order valence-corrected chi connectivity index (χ4v) is 1.79. The molecule has 90 valence electrons. The van der Waals surface area contributed by atoms with Crippen LogP contribution in [0.3, 0.4) is 0 Å². The summed E-state index contributed by atoms with van der Waals surface area (Å²) in [5, 5.41) is 0. The van der Waals surface area contributed by atoms with Crippen molar-refractivity contribution in [3.63, 3.8) is 0 Å². The van der Waals surface area contributed by atoms with E-state index in [1.807, 2.05) is 13.0 Å². The Labute approximate surface area is 118 Å². The molecule has 1 aromatic rings. The number of aryl methyl sites for hydroxylation is 1. The first kappa shape index (κ1) is 12.9. The molecule has 0 saturated carbocycles. The molecule has 0 heterocycles. The summed E-state index contributed by atoms with van der Waals surface area (Å²) in [6.45, 7) is 3.40. The molecule has 0 saturated heterocycles. The van der Waals surface area contributed by atoms with E-state index in [-0.39, 0.29) is 16.0 Å². The minimum absolute atomic E-state index is 0.235. The lowest BCUT2D eigenvalue weighted by molar-refractivity contribution is 0.308. The minimum atomic E-state index is -0.243. The predicted octanol–water partition coefficient (Wildman–Crippen LogP) is 3.45. The van der Waals surface area contributed by atoms with Gasteiger partial charge in [-0.05, 0) is 53.6 Å². The van der Waals surface area contributed by atoms with E-state index in [4.69, 9.17) is 14.0 Å². The summed E-state index contributed by atoms with van der Waals surface area (Å²) in [6.07, 6.45) is 2.72. The number of halogens is 2. The molecule has 0 bridgehead atoms. The Balaban J connectivity index is 2.81. The highest BCUT2D eigenvalue weighted by molar-refractivity contribution is 14.1. The average Bonchev–Trinajstić information content (AvgIpc) is 2.30. The van der Waals surface area contributed by atoms with Crippen LogP contribution in [0.25, 0.3) is 0 Å². The Bertz CT molecular complexity index is 424. The first-order chi connectivity index (χ1) is 8.43. The summed E-state index contributed by atoms with van der Waals surface area (Å²) in [5.74, 6) is 0.136. The van der Waals surface area contributed by atoms with Gasteiger partial charge in [0, 0.05) is 6.42 Å². The molecule has 0 aromatic heterocycles. The zero-order valence-corrected chi connectivity index (χ0v) is 12.1. The molecule has 0 aliphatic carbocycles. The van der Waals surface area contributed by atoms with E-state index in [2.05, 4.69) is 22.6 Å². The van der Waals surface area contributed by atoms with Gasteiger partial charge in [0.05, 0.1) is 7.20 Å². The third-order valence-electron chi connectivity index (χ3n) is 2.23. The van der Waals surface area contributed by atoms with Crippen LogP contribution in [0.1, 0.15) is 27.2 Å². The molecule has 17 heavy (non-hydrogen) atoms. The van der Waals surface area contributed by atoms with Crippen LogP contribution in [-0.2, 0) is 6.42 Å². The van der Waals surface area contributed by atoms with Gasteiger partial charge < -0.3 is 4.74 Å². The van der Waals surface area contributed by atoms with Gasteiger partial charge in [0.25, 0.3) is 0 Å². The molecule has 0 N–H and O–H groups in total. The molecule has 1 unspecified atom stereocenters. The van der Waals surface area contributed by atoms with E-state index in [1.165, 1.54) is 13.0 Å². The first-order valence-electron chi connectivity index (χ1n) is 5.96. The Morgan fingerprint density at radius 2 is 2.47 bits per heavy atom. The third-order valence-corrected chi connectivity index (χ3v) is 2.99. The van der Waals surface area contributed by atoms with Gasteiger partial charge in [-0.1, -0.05) is 24.5 Å². The number of ether oxygens (including phenoxy) is 1. The third kappa shape index (κ3) is 5.11. The van der Waals surface area contributed by atoms with Gasteiger partial charge >= 0.3 is 0 Å². The van der Waals surface area contributed by atoms with Gasteiger partial charge in [0.2, 0.25) is 0 Å². The Morgan fingerprint density at radius 3 is 3.00 bits per heavy atom. The van der Waals surface area contributed by atoms with E-state index < -0.39 is 0 Å². The number of hydrogen-bond donors (Lipinski definition) is 0. The maximum atomic E-state index is 12.6. The summed E-state index contributed by atoms with van der Waals surface area (Å²) >= 11 is 2.06. The van der Waals surface area contributed by atoms with Crippen molar-refractivity contribution in [2.75, 3.05) is 0 Å². The van der Waals surface area contributed by atoms with Crippen LogP contribution in [0.15, 0.2) is 30.1 Å². The molecular weight excluding hydrogens is 329 g/mol. The van der Waals surface area contributed by atoms with Crippen molar-refractivity contribution in [2.45, 2.75) is 30.8 Å². The monoisotopic (exact) mass is 345 g/mol. The maximum absolute atomic E-state index is 12.6. The molecule has 1 rings (SSSR count). The molecular formula is C13H15BFIO. The molecule has 0 fully saturated rings. The van der Waals surface area contributed by atoms with Gasteiger partial charge in [-0.3, -0.25) is 0 Å². The zero-order chi connectivity index (χ0) is 13.7. The molecule has 0 spiro atoms. The van der Waals surface area contributed by atoms with E-state index in [0.717, 1.165) is 12.0 Å². The van der Waals surface area contributed by atoms with Crippen LogP contribution < -0.4 is 10.2 Å². The average molecular weight is 345 g/mol. The molecule has 1 nitrogen and oxygen atoms in total. The van der Waals surface area contributed by atoms with Crippen molar-refractivity contribution in [3.05, 3.63) is 35.6 Å². The highest BCUT2D eigenvalue weighted by atomic mass is 127. The lowest BCUT2D eigenvalue weighted by atomic mass is 9.92. The first-order valence-corrected chi connectivity index (χ1v) is 6.70. The van der Waals surface area contributed by atoms with Crippen molar-refractivity contribution in [1.29, 1.82) is 0 Å². The number of allylic oxidation sites excluding steroid dienone is 1. The highest BCUT2D eigenvalue weighted by Gasteiger charge is 2.06. The Kier molecular flexibility index (Phi) is 5.35. The number of rotatable bonds is 5. The molecule has 1 atom stereocenters. The molecule has 0 aliphatic rings. The van der Waals surface area contributed by atoms with E-state index >= 15 is 0 Å². The number of benzene rings is 1. The Hall–Kier alpha value is -0.515. The van der Waals surface area contributed by atoms with Gasteiger partial charge in [0.1, 0.15) is 13.6 Å². The van der Waals surface area contributed by atoms with Crippen molar-refractivity contribution < 1.29 is 10.5 Å². The van der Waals surface area contributed by atoms with E-state index in [9.17, 15) is 4.39 Å². The van der Waals surface area contributed by atoms with Crippen LogP contribution in [0, 0.1) is 0 Å². The summed E-state index contributed by atoms with van der Waals surface area (Å²) in [6, 6.07) is 3.83. The summed E-state index contributed by atoms with van der Waals surface area (Å²) in [4.78, 5) is 0. The number of hydrogen-bond acceptors (Lipinski definition) is 1. The number of alkyl halides is 1. The van der Waals surface area contributed by atoms with Crippen molar-refractivity contribution >= 4 is 35.9 Å². The normalized spacial score (nSPS) is 14.4. The molecule has 0 aliphatic heterocycles. The summed E-state index contributed by atoms with van der Waals surface area (Å²) in [7, 11) is 5.86. The highest BCUT2D eigenvalue weighted by Crippen LogP contribution is 2.17. The lowest BCUT2D eigenvalue weighted by Crippen LogP contribution is -2.15. The van der Waals surface area contributed by atoms with Crippen LogP contribution in [-0.4, -0.2) is 12.0 Å². The van der Waals surface area contributed by atoms with Crippen molar-refractivity contribution in [2.24, 2.45) is 0 Å².